The maximum atomic E-state index is 13.2. The van der Waals surface area contributed by atoms with Crippen molar-refractivity contribution in [3.05, 3.63) is 54.7 Å². The first-order chi connectivity index (χ1) is 15.8. The number of amides is 2. The Hall–Kier alpha value is -3.62. The molecule has 0 fully saturated rings. The van der Waals surface area contributed by atoms with Crippen molar-refractivity contribution in [3.63, 3.8) is 0 Å². The van der Waals surface area contributed by atoms with E-state index in [9.17, 15) is 14.4 Å². The van der Waals surface area contributed by atoms with E-state index in [1.165, 1.54) is 7.11 Å². The molecular formula is C25H33N3O6. The van der Waals surface area contributed by atoms with Crippen LogP contribution >= 0.6 is 0 Å². The van der Waals surface area contributed by atoms with Crippen LogP contribution in [0.1, 0.15) is 41.5 Å². The third kappa shape index (κ3) is 7.75. The molecule has 0 aliphatic heterocycles. The van der Waals surface area contributed by atoms with Gasteiger partial charge >= 0.3 is 18.2 Å². The van der Waals surface area contributed by atoms with E-state index < -0.39 is 35.4 Å². The second-order valence-corrected chi connectivity index (χ2v) is 9.50. The number of anilines is 2. The van der Waals surface area contributed by atoms with E-state index in [0.717, 1.165) is 0 Å². The van der Waals surface area contributed by atoms with E-state index in [1.54, 1.807) is 70.8 Å². The van der Waals surface area contributed by atoms with Crippen molar-refractivity contribution in [3.8, 4) is 0 Å². The van der Waals surface area contributed by atoms with Crippen LogP contribution in [-0.4, -0.2) is 58.9 Å². The highest BCUT2D eigenvalue weighted by Gasteiger charge is 2.42. The minimum atomic E-state index is -1.39. The van der Waals surface area contributed by atoms with Gasteiger partial charge in [0, 0.05) is 11.9 Å². The smallest absolute Gasteiger partial charge is 0.420 e. The number of ether oxygens (including phenoxy) is 3. The largest absolute Gasteiger partial charge is 0.467 e. The quantitative estimate of drug-likeness (QED) is 0.432. The maximum absolute atomic E-state index is 13.2. The summed E-state index contributed by atoms with van der Waals surface area (Å²) in [7, 11) is 1.19. The molecule has 1 aromatic carbocycles. The van der Waals surface area contributed by atoms with Crippen LogP contribution in [0.2, 0.25) is 0 Å². The number of nitrogens with zero attached hydrogens (tertiary/aromatic N) is 3. The number of imide groups is 1. The lowest BCUT2D eigenvalue weighted by Crippen LogP contribution is -2.55. The first-order valence-electron chi connectivity index (χ1n) is 10.9. The minimum absolute atomic E-state index is 0.147. The Labute approximate surface area is 200 Å². The highest BCUT2D eigenvalue weighted by molar-refractivity contribution is 5.94. The van der Waals surface area contributed by atoms with Crippen LogP contribution < -0.4 is 4.90 Å². The van der Waals surface area contributed by atoms with E-state index >= 15 is 0 Å². The van der Waals surface area contributed by atoms with Crippen molar-refractivity contribution in [1.82, 2.24) is 9.88 Å². The number of esters is 1. The fourth-order valence-corrected chi connectivity index (χ4v) is 2.97. The third-order valence-electron chi connectivity index (χ3n) is 4.31. The van der Waals surface area contributed by atoms with Gasteiger partial charge in [0.15, 0.2) is 6.04 Å². The van der Waals surface area contributed by atoms with Gasteiger partial charge in [-0.3, -0.25) is 0 Å². The van der Waals surface area contributed by atoms with Gasteiger partial charge < -0.3 is 19.1 Å². The number of rotatable bonds is 6. The Bertz CT molecular complexity index is 900. The van der Waals surface area contributed by atoms with Gasteiger partial charge in [-0.05, 0) is 65.8 Å². The normalized spacial score (nSPS) is 12.3. The topological polar surface area (TPSA) is 98.3 Å². The zero-order valence-corrected chi connectivity index (χ0v) is 20.8. The predicted molar refractivity (Wildman–Crippen MR) is 128 cm³/mol. The Kier molecular flexibility index (Phi) is 8.62. The van der Waals surface area contributed by atoms with Crippen molar-refractivity contribution < 1.29 is 28.6 Å². The van der Waals surface area contributed by atoms with E-state index in [0.29, 0.717) is 16.4 Å². The van der Waals surface area contributed by atoms with E-state index in [-0.39, 0.29) is 6.54 Å². The fourth-order valence-electron chi connectivity index (χ4n) is 2.97. The molecule has 2 amide bonds. The second-order valence-electron chi connectivity index (χ2n) is 9.50. The van der Waals surface area contributed by atoms with Crippen LogP contribution in [0, 0.1) is 0 Å². The monoisotopic (exact) mass is 471 g/mol. The Morgan fingerprint density at radius 1 is 0.853 bits per heavy atom. The zero-order valence-electron chi connectivity index (χ0n) is 20.8. The van der Waals surface area contributed by atoms with Crippen LogP contribution in [0.3, 0.4) is 0 Å². The van der Waals surface area contributed by atoms with Crippen molar-refractivity contribution in [1.29, 1.82) is 0 Å². The lowest BCUT2D eigenvalue weighted by molar-refractivity contribution is -0.146. The van der Waals surface area contributed by atoms with Crippen LogP contribution in [0.25, 0.3) is 0 Å². The highest BCUT2D eigenvalue weighted by atomic mass is 16.6. The summed E-state index contributed by atoms with van der Waals surface area (Å²) in [5.41, 5.74) is -1.14. The molecule has 2 rings (SSSR count). The van der Waals surface area contributed by atoms with Gasteiger partial charge in [0.05, 0.1) is 13.7 Å². The summed E-state index contributed by atoms with van der Waals surface area (Å²) in [6.07, 6.45) is -0.435. The number of benzene rings is 1. The molecule has 0 bridgehead atoms. The van der Waals surface area contributed by atoms with Crippen LogP contribution in [-0.2, 0) is 19.0 Å². The molecule has 2 aromatic rings. The van der Waals surface area contributed by atoms with Crippen LogP contribution in [0.15, 0.2) is 54.7 Å². The SMILES string of the molecule is COC(=O)C(CN(c1ccccc1)c1ccccn1)N(C(=O)OC(C)(C)C)C(=O)OC(C)(C)C. The van der Waals surface area contributed by atoms with E-state index in [2.05, 4.69) is 4.98 Å². The molecular weight excluding hydrogens is 438 g/mol. The molecule has 1 unspecified atom stereocenters. The summed E-state index contributed by atoms with van der Waals surface area (Å²) in [5.74, 6) is -0.301. The average molecular weight is 472 g/mol. The standard InChI is InChI=1S/C25H33N3O6/c1-24(2,3)33-22(30)28(23(31)34-25(4,5)6)19(21(29)32-7)17-27(18-13-9-8-10-14-18)20-15-11-12-16-26-20/h8-16,19H,17H2,1-7H3. The van der Waals surface area contributed by atoms with E-state index in [4.69, 9.17) is 14.2 Å². The number of aromatic nitrogens is 1. The lowest BCUT2D eigenvalue weighted by Gasteiger charge is -2.35. The summed E-state index contributed by atoms with van der Waals surface area (Å²) in [5, 5.41) is 0. The van der Waals surface area contributed by atoms with Crippen molar-refractivity contribution in [2.75, 3.05) is 18.6 Å². The van der Waals surface area contributed by atoms with Crippen molar-refractivity contribution >= 4 is 29.7 Å². The van der Waals surface area contributed by atoms with Gasteiger partial charge in [-0.1, -0.05) is 24.3 Å². The Morgan fingerprint density at radius 3 is 1.82 bits per heavy atom. The number of hydrogen-bond donors (Lipinski definition) is 0. The summed E-state index contributed by atoms with van der Waals surface area (Å²) >= 11 is 0. The van der Waals surface area contributed by atoms with Gasteiger partial charge in [0.1, 0.15) is 17.0 Å². The second kappa shape index (κ2) is 11.0. The number of methoxy groups -OCH3 is 1. The molecule has 1 atom stereocenters. The molecule has 0 aliphatic rings. The minimum Gasteiger partial charge on any atom is -0.467 e. The molecule has 9 nitrogen and oxygen atoms in total. The van der Waals surface area contributed by atoms with Gasteiger partial charge in [0.2, 0.25) is 0 Å². The maximum Gasteiger partial charge on any atom is 0.420 e. The van der Waals surface area contributed by atoms with Crippen LogP contribution in [0.4, 0.5) is 21.1 Å². The predicted octanol–water partition coefficient (Wildman–Crippen LogP) is 4.93. The molecule has 0 N–H and O–H groups in total. The number of carbonyl (C=O) groups excluding carboxylic acids is 3. The molecule has 184 valence electrons. The first kappa shape index (κ1) is 26.6. The van der Waals surface area contributed by atoms with Gasteiger partial charge in [-0.25, -0.2) is 19.4 Å². The molecule has 1 heterocycles. The number of carbonyl (C=O) groups is 3. The average Bonchev–Trinajstić information content (AvgIpc) is 2.74. The van der Waals surface area contributed by atoms with Gasteiger partial charge in [0.25, 0.3) is 0 Å². The highest BCUT2D eigenvalue weighted by Crippen LogP contribution is 2.26. The van der Waals surface area contributed by atoms with Crippen molar-refractivity contribution in [2.45, 2.75) is 58.8 Å². The molecule has 9 heteroatoms. The van der Waals surface area contributed by atoms with Crippen molar-refractivity contribution in [2.24, 2.45) is 0 Å². The molecule has 0 aliphatic carbocycles. The summed E-state index contributed by atoms with van der Waals surface area (Å²) in [6, 6.07) is 13.1. The Morgan fingerprint density at radius 2 is 1.38 bits per heavy atom. The molecule has 0 radical (unpaired) electrons. The Balaban J connectivity index is 2.57. The fraction of sp³-hybridized carbons (Fsp3) is 0.440. The molecule has 0 spiro atoms. The number of para-hydroxylation sites is 1. The van der Waals surface area contributed by atoms with E-state index in [1.807, 2.05) is 30.3 Å². The number of pyridine rings is 1. The number of hydrogen-bond acceptors (Lipinski definition) is 8. The molecule has 1 aromatic heterocycles. The first-order valence-corrected chi connectivity index (χ1v) is 10.9. The summed E-state index contributed by atoms with van der Waals surface area (Å²) < 4.78 is 15.9. The molecule has 0 saturated heterocycles. The summed E-state index contributed by atoms with van der Waals surface area (Å²) in [6.45, 7) is 9.83. The third-order valence-corrected chi connectivity index (χ3v) is 4.31. The molecule has 0 saturated carbocycles. The van der Waals surface area contributed by atoms with Gasteiger partial charge in [-0.15, -0.1) is 0 Å². The molecule has 34 heavy (non-hydrogen) atoms. The summed E-state index contributed by atoms with van der Waals surface area (Å²) in [4.78, 5) is 46.1. The lowest BCUT2D eigenvalue weighted by atomic mass is 10.2. The zero-order chi connectivity index (χ0) is 25.5. The van der Waals surface area contributed by atoms with Crippen LogP contribution in [0.5, 0.6) is 0 Å². The van der Waals surface area contributed by atoms with Gasteiger partial charge in [-0.2, -0.15) is 4.90 Å².